The molecular formula is C13H27N3. The summed E-state index contributed by atoms with van der Waals surface area (Å²) in [4.78, 5) is 0. The molecule has 16 heavy (non-hydrogen) atoms. The van der Waals surface area contributed by atoms with Crippen molar-refractivity contribution in [2.24, 2.45) is 5.92 Å². The fourth-order valence-electron chi connectivity index (χ4n) is 3.06. The van der Waals surface area contributed by atoms with Crippen LogP contribution >= 0.6 is 0 Å². The highest BCUT2D eigenvalue weighted by Gasteiger charge is 2.40. The van der Waals surface area contributed by atoms with Gasteiger partial charge in [0.15, 0.2) is 0 Å². The zero-order valence-corrected chi connectivity index (χ0v) is 11.1. The zero-order chi connectivity index (χ0) is 11.5. The van der Waals surface area contributed by atoms with Crippen molar-refractivity contribution in [2.45, 2.75) is 58.7 Å². The number of unbranched alkanes of at least 4 members (excludes halogenated alkanes) is 1. The van der Waals surface area contributed by atoms with Crippen LogP contribution in [0.1, 0.15) is 46.5 Å². The first-order valence-corrected chi connectivity index (χ1v) is 7.00. The molecule has 0 radical (unpaired) electrons. The standard InChI is InChI=1S/C13H27N3/c1-4-5-8-15-12(11(2)3)10-13-14-7-6-9-16(13)15/h11-14H,4-10H2,1-3H3. The molecule has 2 atom stereocenters. The second-order valence-electron chi connectivity index (χ2n) is 5.55. The number of rotatable bonds is 4. The van der Waals surface area contributed by atoms with E-state index in [1.807, 2.05) is 0 Å². The summed E-state index contributed by atoms with van der Waals surface area (Å²) in [6.45, 7) is 10.7. The minimum Gasteiger partial charge on any atom is -0.301 e. The Labute approximate surface area is 100 Å². The van der Waals surface area contributed by atoms with Crippen LogP contribution in [0.15, 0.2) is 0 Å². The molecule has 2 aliphatic rings. The monoisotopic (exact) mass is 225 g/mol. The third-order valence-electron chi connectivity index (χ3n) is 3.99. The predicted octanol–water partition coefficient (Wildman–Crippen LogP) is 2.05. The van der Waals surface area contributed by atoms with Crippen LogP contribution in [0.5, 0.6) is 0 Å². The van der Waals surface area contributed by atoms with Gasteiger partial charge in [0, 0.05) is 19.1 Å². The fourth-order valence-corrected chi connectivity index (χ4v) is 3.06. The Balaban J connectivity index is 2.02. The summed E-state index contributed by atoms with van der Waals surface area (Å²) in [7, 11) is 0. The highest BCUT2D eigenvalue weighted by atomic mass is 15.7. The van der Waals surface area contributed by atoms with Crippen molar-refractivity contribution in [2.75, 3.05) is 19.6 Å². The molecule has 3 heteroatoms. The molecule has 2 unspecified atom stereocenters. The minimum atomic E-state index is 0.623. The van der Waals surface area contributed by atoms with Crippen LogP contribution in [0.4, 0.5) is 0 Å². The van der Waals surface area contributed by atoms with Crippen molar-refractivity contribution in [3.63, 3.8) is 0 Å². The Morgan fingerprint density at radius 3 is 2.88 bits per heavy atom. The molecule has 2 rings (SSSR count). The maximum absolute atomic E-state index is 3.66. The van der Waals surface area contributed by atoms with Gasteiger partial charge in [-0.25, -0.2) is 10.0 Å². The lowest BCUT2D eigenvalue weighted by Crippen LogP contribution is -2.53. The lowest BCUT2D eigenvalue weighted by Gasteiger charge is -2.38. The Bertz CT molecular complexity index is 215. The van der Waals surface area contributed by atoms with Crippen LogP contribution in [-0.4, -0.2) is 41.9 Å². The van der Waals surface area contributed by atoms with Gasteiger partial charge in [-0.05, 0) is 31.7 Å². The quantitative estimate of drug-likeness (QED) is 0.790. The van der Waals surface area contributed by atoms with Crippen LogP contribution in [-0.2, 0) is 0 Å². The number of hydrazine groups is 1. The molecule has 0 bridgehead atoms. The molecule has 3 nitrogen and oxygen atoms in total. The number of fused-ring (bicyclic) bond motifs is 1. The molecular weight excluding hydrogens is 198 g/mol. The smallest absolute Gasteiger partial charge is 0.0751 e. The number of nitrogens with one attached hydrogen (secondary N) is 1. The number of hydrogen-bond acceptors (Lipinski definition) is 3. The molecule has 2 saturated heterocycles. The minimum absolute atomic E-state index is 0.623. The maximum atomic E-state index is 3.66. The molecule has 2 heterocycles. The van der Waals surface area contributed by atoms with Crippen molar-refractivity contribution < 1.29 is 0 Å². The molecule has 2 fully saturated rings. The summed E-state index contributed by atoms with van der Waals surface area (Å²) in [6, 6.07) is 0.752. The molecule has 0 aromatic heterocycles. The molecule has 2 aliphatic heterocycles. The van der Waals surface area contributed by atoms with E-state index in [4.69, 9.17) is 0 Å². The van der Waals surface area contributed by atoms with Crippen molar-refractivity contribution in [1.29, 1.82) is 0 Å². The lowest BCUT2D eigenvalue weighted by molar-refractivity contribution is -0.0558. The van der Waals surface area contributed by atoms with Gasteiger partial charge in [0.1, 0.15) is 0 Å². The summed E-state index contributed by atoms with van der Waals surface area (Å²) in [6.07, 6.45) is 5.85. The van der Waals surface area contributed by atoms with Crippen molar-refractivity contribution in [1.82, 2.24) is 15.3 Å². The van der Waals surface area contributed by atoms with Crippen LogP contribution < -0.4 is 5.32 Å². The third kappa shape index (κ3) is 2.41. The van der Waals surface area contributed by atoms with E-state index in [1.54, 1.807) is 0 Å². The Hall–Kier alpha value is -0.120. The summed E-state index contributed by atoms with van der Waals surface area (Å²) in [5.41, 5.74) is 0. The summed E-state index contributed by atoms with van der Waals surface area (Å²) >= 11 is 0. The van der Waals surface area contributed by atoms with Crippen molar-refractivity contribution in [3.8, 4) is 0 Å². The van der Waals surface area contributed by atoms with Gasteiger partial charge in [-0.3, -0.25) is 0 Å². The van der Waals surface area contributed by atoms with E-state index in [0.717, 1.165) is 12.0 Å². The van der Waals surface area contributed by atoms with Crippen LogP contribution in [0.25, 0.3) is 0 Å². The average molecular weight is 225 g/mol. The van der Waals surface area contributed by atoms with E-state index in [-0.39, 0.29) is 0 Å². The van der Waals surface area contributed by atoms with Gasteiger partial charge in [-0.1, -0.05) is 27.2 Å². The first kappa shape index (κ1) is 12.3. The van der Waals surface area contributed by atoms with Crippen molar-refractivity contribution >= 4 is 0 Å². The van der Waals surface area contributed by atoms with Gasteiger partial charge in [-0.15, -0.1) is 0 Å². The molecule has 0 aromatic rings. The topological polar surface area (TPSA) is 18.5 Å². The second-order valence-corrected chi connectivity index (χ2v) is 5.55. The summed E-state index contributed by atoms with van der Waals surface area (Å²) in [5, 5.41) is 8.92. The van der Waals surface area contributed by atoms with Gasteiger partial charge < -0.3 is 5.32 Å². The maximum Gasteiger partial charge on any atom is 0.0751 e. The Morgan fingerprint density at radius 2 is 2.19 bits per heavy atom. The number of hydrogen-bond donors (Lipinski definition) is 1. The van der Waals surface area contributed by atoms with Crippen molar-refractivity contribution in [3.05, 3.63) is 0 Å². The van der Waals surface area contributed by atoms with E-state index in [0.29, 0.717) is 6.17 Å². The molecule has 0 aliphatic carbocycles. The van der Waals surface area contributed by atoms with Gasteiger partial charge in [-0.2, -0.15) is 0 Å². The first-order valence-electron chi connectivity index (χ1n) is 7.00. The summed E-state index contributed by atoms with van der Waals surface area (Å²) < 4.78 is 0. The molecule has 0 aromatic carbocycles. The molecule has 0 saturated carbocycles. The predicted molar refractivity (Wildman–Crippen MR) is 68.0 cm³/mol. The highest BCUT2D eigenvalue weighted by molar-refractivity contribution is 4.89. The van der Waals surface area contributed by atoms with E-state index in [9.17, 15) is 0 Å². The Morgan fingerprint density at radius 1 is 1.38 bits per heavy atom. The fraction of sp³-hybridized carbons (Fsp3) is 1.00. The van der Waals surface area contributed by atoms with Gasteiger partial charge in [0.2, 0.25) is 0 Å². The summed E-state index contributed by atoms with van der Waals surface area (Å²) in [5.74, 6) is 0.768. The Kier molecular flexibility index (Phi) is 4.22. The van der Waals surface area contributed by atoms with Gasteiger partial charge >= 0.3 is 0 Å². The van der Waals surface area contributed by atoms with E-state index >= 15 is 0 Å². The zero-order valence-electron chi connectivity index (χ0n) is 11.1. The normalized spacial score (nSPS) is 32.2. The van der Waals surface area contributed by atoms with E-state index in [1.165, 1.54) is 45.3 Å². The van der Waals surface area contributed by atoms with E-state index in [2.05, 4.69) is 36.1 Å². The van der Waals surface area contributed by atoms with Gasteiger partial charge in [0.05, 0.1) is 6.17 Å². The SMILES string of the molecule is CCCCN1C(C(C)C)CC2NCCCN21. The van der Waals surface area contributed by atoms with Crippen LogP contribution in [0.2, 0.25) is 0 Å². The molecule has 1 N–H and O–H groups in total. The van der Waals surface area contributed by atoms with Crippen LogP contribution in [0.3, 0.4) is 0 Å². The third-order valence-corrected chi connectivity index (χ3v) is 3.99. The van der Waals surface area contributed by atoms with Crippen LogP contribution in [0, 0.1) is 5.92 Å². The lowest BCUT2D eigenvalue weighted by atomic mass is 10.0. The number of nitrogens with zero attached hydrogens (tertiary/aromatic N) is 2. The first-order chi connectivity index (χ1) is 7.74. The second kappa shape index (κ2) is 5.48. The molecule has 94 valence electrons. The molecule has 0 amide bonds. The largest absolute Gasteiger partial charge is 0.301 e. The highest BCUT2D eigenvalue weighted by Crippen LogP contribution is 2.30. The van der Waals surface area contributed by atoms with Gasteiger partial charge in [0.25, 0.3) is 0 Å². The van der Waals surface area contributed by atoms with E-state index < -0.39 is 0 Å². The average Bonchev–Trinajstić information content (AvgIpc) is 2.65. The molecule has 0 spiro atoms.